The molecule has 0 saturated heterocycles. The first kappa shape index (κ1) is 15.2. The smallest absolute Gasteiger partial charge is 0.226 e. The number of benzene rings is 2. The summed E-state index contributed by atoms with van der Waals surface area (Å²) in [7, 11) is 0. The number of hydrogen-bond acceptors (Lipinski definition) is 5. The summed E-state index contributed by atoms with van der Waals surface area (Å²) in [5.41, 5.74) is 3.03. The summed E-state index contributed by atoms with van der Waals surface area (Å²) >= 11 is 0. The first-order chi connectivity index (χ1) is 12.3. The second-order valence-electron chi connectivity index (χ2n) is 5.85. The molecule has 25 heavy (non-hydrogen) atoms. The molecule has 1 aromatic heterocycles. The zero-order chi connectivity index (χ0) is 17.1. The quantitative estimate of drug-likeness (QED) is 0.775. The summed E-state index contributed by atoms with van der Waals surface area (Å²) in [6.45, 7) is 0. The summed E-state index contributed by atoms with van der Waals surface area (Å²) in [6.07, 6.45) is 3.48. The topological polar surface area (TPSA) is 70.8 Å². The lowest BCUT2D eigenvalue weighted by Gasteiger charge is -2.14. The largest absolute Gasteiger partial charge is 0.439 e. The summed E-state index contributed by atoms with van der Waals surface area (Å²) in [5, 5.41) is 12.6. The van der Waals surface area contributed by atoms with Crippen molar-refractivity contribution in [1.29, 1.82) is 5.26 Å². The monoisotopic (exact) mass is 328 g/mol. The predicted octanol–water partition coefficient (Wildman–Crippen LogP) is 4.24. The van der Waals surface area contributed by atoms with Crippen LogP contribution in [0, 0.1) is 11.3 Å². The molecule has 0 aliphatic heterocycles. The molecule has 5 nitrogen and oxygen atoms in total. The Morgan fingerprint density at radius 1 is 1.08 bits per heavy atom. The van der Waals surface area contributed by atoms with Gasteiger partial charge in [-0.25, -0.2) is 4.98 Å². The number of hydrogen-bond donors (Lipinski definition) is 1. The zero-order valence-electron chi connectivity index (χ0n) is 13.5. The third kappa shape index (κ3) is 3.15. The molecule has 1 atom stereocenters. The molecular formula is C20H16N4O. The maximum Gasteiger partial charge on any atom is 0.226 e. The van der Waals surface area contributed by atoms with Crippen LogP contribution in [0.2, 0.25) is 0 Å². The molecule has 0 bridgehead atoms. The number of rotatable bonds is 4. The molecule has 1 aliphatic carbocycles. The molecule has 0 fully saturated rings. The number of fused-ring (bicyclic) bond motifs is 1. The van der Waals surface area contributed by atoms with Crippen molar-refractivity contribution in [2.24, 2.45) is 0 Å². The second kappa shape index (κ2) is 6.62. The van der Waals surface area contributed by atoms with E-state index in [1.807, 2.05) is 42.5 Å². The van der Waals surface area contributed by atoms with Crippen LogP contribution < -0.4 is 10.1 Å². The number of nitrogens with one attached hydrogen (secondary N) is 1. The molecule has 0 saturated carbocycles. The van der Waals surface area contributed by atoms with Crippen LogP contribution in [0.3, 0.4) is 0 Å². The molecule has 0 unspecified atom stereocenters. The molecule has 1 aliphatic rings. The third-order valence-corrected chi connectivity index (χ3v) is 4.29. The van der Waals surface area contributed by atoms with E-state index in [0.29, 0.717) is 11.8 Å². The van der Waals surface area contributed by atoms with Gasteiger partial charge < -0.3 is 10.1 Å². The lowest BCUT2D eigenvalue weighted by Crippen LogP contribution is -2.10. The van der Waals surface area contributed by atoms with Crippen molar-refractivity contribution in [3.63, 3.8) is 0 Å². The van der Waals surface area contributed by atoms with Crippen LogP contribution in [0.15, 0.2) is 60.8 Å². The second-order valence-corrected chi connectivity index (χ2v) is 5.85. The molecule has 5 heteroatoms. The lowest BCUT2D eigenvalue weighted by molar-refractivity contribution is 0.462. The molecule has 0 amide bonds. The van der Waals surface area contributed by atoms with E-state index < -0.39 is 0 Å². The Kier molecular flexibility index (Phi) is 4.01. The highest BCUT2D eigenvalue weighted by atomic mass is 16.5. The minimum Gasteiger partial charge on any atom is -0.439 e. The van der Waals surface area contributed by atoms with Crippen molar-refractivity contribution in [2.75, 3.05) is 5.32 Å². The Balaban J connectivity index is 1.54. The molecule has 1 heterocycles. The van der Waals surface area contributed by atoms with Gasteiger partial charge >= 0.3 is 0 Å². The number of para-hydroxylation sites is 1. The number of anilines is 1. The van der Waals surface area contributed by atoms with Gasteiger partial charge in [-0.15, -0.1) is 0 Å². The SMILES string of the molecule is N#Cc1cccc2c1CC[C@H]2Nc1nccc(Oc2ccccc2)n1. The average Bonchev–Trinajstić information content (AvgIpc) is 3.06. The minimum absolute atomic E-state index is 0.107. The van der Waals surface area contributed by atoms with Gasteiger partial charge in [0.25, 0.3) is 0 Å². The highest BCUT2D eigenvalue weighted by Crippen LogP contribution is 2.35. The van der Waals surface area contributed by atoms with Crippen LogP contribution >= 0.6 is 0 Å². The van der Waals surface area contributed by atoms with Crippen LogP contribution in [0.1, 0.15) is 29.2 Å². The Hall–Kier alpha value is -3.39. The van der Waals surface area contributed by atoms with Gasteiger partial charge in [0.05, 0.1) is 17.7 Å². The van der Waals surface area contributed by atoms with Crippen molar-refractivity contribution in [1.82, 2.24) is 9.97 Å². The highest BCUT2D eigenvalue weighted by Gasteiger charge is 2.25. The van der Waals surface area contributed by atoms with E-state index in [2.05, 4.69) is 27.4 Å². The van der Waals surface area contributed by atoms with Crippen LogP contribution in [0.5, 0.6) is 11.6 Å². The van der Waals surface area contributed by atoms with Crippen LogP contribution in [-0.4, -0.2) is 9.97 Å². The molecule has 122 valence electrons. The Morgan fingerprint density at radius 2 is 1.96 bits per heavy atom. The van der Waals surface area contributed by atoms with Gasteiger partial charge in [0.1, 0.15) is 5.75 Å². The van der Waals surface area contributed by atoms with E-state index in [1.54, 1.807) is 12.3 Å². The van der Waals surface area contributed by atoms with Crippen LogP contribution in [-0.2, 0) is 6.42 Å². The molecule has 1 N–H and O–H groups in total. The lowest BCUT2D eigenvalue weighted by atomic mass is 10.0. The van der Waals surface area contributed by atoms with Gasteiger partial charge in [-0.05, 0) is 42.2 Å². The normalized spacial score (nSPS) is 15.2. The van der Waals surface area contributed by atoms with Crippen molar-refractivity contribution >= 4 is 5.95 Å². The number of nitrogens with zero attached hydrogens (tertiary/aromatic N) is 3. The van der Waals surface area contributed by atoms with Crippen LogP contribution in [0.4, 0.5) is 5.95 Å². The average molecular weight is 328 g/mol. The van der Waals surface area contributed by atoms with E-state index in [4.69, 9.17) is 4.74 Å². The number of ether oxygens (including phenoxy) is 1. The zero-order valence-corrected chi connectivity index (χ0v) is 13.5. The molecule has 0 radical (unpaired) electrons. The fourth-order valence-electron chi connectivity index (χ4n) is 3.14. The van der Waals surface area contributed by atoms with Crippen molar-refractivity contribution < 1.29 is 4.74 Å². The Bertz CT molecular complexity index is 934. The highest BCUT2D eigenvalue weighted by molar-refractivity contribution is 5.49. The van der Waals surface area contributed by atoms with Crippen molar-refractivity contribution in [3.05, 3.63) is 77.5 Å². The molecule has 0 spiro atoms. The fourth-order valence-corrected chi connectivity index (χ4v) is 3.14. The minimum atomic E-state index is 0.107. The summed E-state index contributed by atoms with van der Waals surface area (Å²) < 4.78 is 5.76. The van der Waals surface area contributed by atoms with Crippen molar-refractivity contribution in [2.45, 2.75) is 18.9 Å². The first-order valence-electron chi connectivity index (χ1n) is 8.18. The van der Waals surface area contributed by atoms with E-state index in [1.165, 1.54) is 0 Å². The summed E-state index contributed by atoms with van der Waals surface area (Å²) in [4.78, 5) is 8.73. The summed E-state index contributed by atoms with van der Waals surface area (Å²) in [6, 6.07) is 19.5. The van der Waals surface area contributed by atoms with Gasteiger partial charge in [0, 0.05) is 12.3 Å². The van der Waals surface area contributed by atoms with Crippen molar-refractivity contribution in [3.8, 4) is 17.7 Å². The number of aromatic nitrogens is 2. The van der Waals surface area contributed by atoms with E-state index in [9.17, 15) is 5.26 Å². The van der Waals surface area contributed by atoms with Gasteiger partial charge in [0.15, 0.2) is 0 Å². The first-order valence-corrected chi connectivity index (χ1v) is 8.18. The van der Waals surface area contributed by atoms with Gasteiger partial charge in [0.2, 0.25) is 11.8 Å². The summed E-state index contributed by atoms with van der Waals surface area (Å²) in [5.74, 6) is 1.75. The maximum absolute atomic E-state index is 9.24. The predicted molar refractivity (Wildman–Crippen MR) is 94.4 cm³/mol. The standard InChI is InChI=1S/C20H16N4O/c21-13-14-5-4-8-17-16(14)9-10-18(17)23-20-22-12-11-19(24-20)25-15-6-2-1-3-7-15/h1-8,11-12,18H,9-10H2,(H,22,23,24)/t18-/m1/s1. The van der Waals surface area contributed by atoms with E-state index in [-0.39, 0.29) is 6.04 Å². The van der Waals surface area contributed by atoms with Crippen LogP contribution in [0.25, 0.3) is 0 Å². The fraction of sp³-hybridized carbons (Fsp3) is 0.150. The Morgan fingerprint density at radius 3 is 2.80 bits per heavy atom. The Labute approximate surface area is 145 Å². The molecule has 3 aromatic rings. The van der Waals surface area contributed by atoms with Gasteiger partial charge in [-0.3, -0.25) is 0 Å². The maximum atomic E-state index is 9.24. The van der Waals surface area contributed by atoms with E-state index >= 15 is 0 Å². The van der Waals surface area contributed by atoms with E-state index in [0.717, 1.165) is 35.3 Å². The van der Waals surface area contributed by atoms with Gasteiger partial charge in [-0.1, -0.05) is 30.3 Å². The number of nitriles is 1. The van der Waals surface area contributed by atoms with Gasteiger partial charge in [-0.2, -0.15) is 10.2 Å². The molecule has 2 aromatic carbocycles. The third-order valence-electron chi connectivity index (χ3n) is 4.29. The molecular weight excluding hydrogens is 312 g/mol. The molecule has 4 rings (SSSR count).